The molecule has 106 valence electrons. The molecule has 0 aromatic heterocycles. The lowest BCUT2D eigenvalue weighted by Gasteiger charge is -2.23. The summed E-state index contributed by atoms with van der Waals surface area (Å²) in [6.45, 7) is 9.30. The molecule has 1 rings (SSSR count). The van der Waals surface area contributed by atoms with Crippen LogP contribution in [0.25, 0.3) is 0 Å². The zero-order chi connectivity index (χ0) is 14.4. The van der Waals surface area contributed by atoms with Crippen molar-refractivity contribution in [2.24, 2.45) is 5.92 Å². The molecule has 0 aliphatic carbocycles. The van der Waals surface area contributed by atoms with Crippen molar-refractivity contribution in [1.82, 2.24) is 4.90 Å². The molecular weight excluding hydrogens is 240 g/mol. The first-order valence-electron chi connectivity index (χ1n) is 6.78. The number of amides is 2. The Bertz CT molecular complexity index is 399. The molecule has 2 N–H and O–H groups in total. The van der Waals surface area contributed by atoms with Gasteiger partial charge < -0.3 is 15.3 Å². The molecule has 0 aliphatic heterocycles. The van der Waals surface area contributed by atoms with E-state index in [0.717, 1.165) is 17.8 Å². The highest BCUT2D eigenvalue weighted by Gasteiger charge is 2.13. The van der Waals surface area contributed by atoms with Crippen LogP contribution in [-0.4, -0.2) is 29.1 Å². The molecule has 1 unspecified atom stereocenters. The molecule has 0 fully saturated rings. The van der Waals surface area contributed by atoms with Crippen molar-refractivity contribution in [2.75, 3.05) is 18.4 Å². The Morgan fingerprint density at radius 1 is 1.26 bits per heavy atom. The Labute approximate surface area is 115 Å². The minimum absolute atomic E-state index is 0.0824. The molecule has 1 atom stereocenters. The van der Waals surface area contributed by atoms with Crippen LogP contribution in [0.1, 0.15) is 39.4 Å². The average Bonchev–Trinajstić information content (AvgIpc) is 2.36. The molecule has 4 nitrogen and oxygen atoms in total. The fourth-order valence-corrected chi connectivity index (χ4v) is 1.84. The van der Waals surface area contributed by atoms with E-state index in [0.29, 0.717) is 12.5 Å². The van der Waals surface area contributed by atoms with E-state index in [4.69, 9.17) is 0 Å². The van der Waals surface area contributed by atoms with Crippen LogP contribution < -0.4 is 5.32 Å². The van der Waals surface area contributed by atoms with Crippen molar-refractivity contribution < 1.29 is 9.90 Å². The lowest BCUT2D eigenvalue weighted by molar-refractivity contribution is 0.199. The van der Waals surface area contributed by atoms with Crippen LogP contribution in [0.5, 0.6) is 0 Å². The molecule has 0 saturated heterocycles. The van der Waals surface area contributed by atoms with Gasteiger partial charge in [0.25, 0.3) is 0 Å². The van der Waals surface area contributed by atoms with E-state index in [-0.39, 0.29) is 6.03 Å². The number of nitrogens with zero attached hydrogens (tertiary/aromatic N) is 1. The topological polar surface area (TPSA) is 52.6 Å². The van der Waals surface area contributed by atoms with Crippen molar-refractivity contribution in [3.8, 4) is 0 Å². The molecule has 19 heavy (non-hydrogen) atoms. The molecule has 1 aromatic rings. The molecule has 1 aromatic carbocycles. The van der Waals surface area contributed by atoms with Crippen LogP contribution in [0.3, 0.4) is 0 Å². The van der Waals surface area contributed by atoms with Gasteiger partial charge in [-0.3, -0.25) is 0 Å². The number of aliphatic hydroxyl groups excluding tert-OH is 1. The number of hydrogen-bond donors (Lipinski definition) is 2. The minimum Gasteiger partial charge on any atom is -0.389 e. The molecule has 0 spiro atoms. The fraction of sp³-hybridized carbons (Fsp3) is 0.533. The lowest BCUT2D eigenvalue weighted by Crippen LogP contribution is -2.37. The van der Waals surface area contributed by atoms with Gasteiger partial charge in [-0.2, -0.15) is 0 Å². The van der Waals surface area contributed by atoms with Gasteiger partial charge in [0.05, 0.1) is 6.10 Å². The van der Waals surface area contributed by atoms with Gasteiger partial charge in [-0.15, -0.1) is 0 Å². The summed E-state index contributed by atoms with van der Waals surface area (Å²) in [6, 6.07) is 7.17. The SMILES string of the molecule is CCN(CC(C)C)C(=O)Nc1ccc(C(C)O)cc1. The molecule has 0 aliphatic rings. The quantitative estimate of drug-likeness (QED) is 0.857. The number of rotatable bonds is 5. The Balaban J connectivity index is 2.65. The van der Waals surface area contributed by atoms with Crippen LogP contribution in [0.2, 0.25) is 0 Å². The maximum Gasteiger partial charge on any atom is 0.321 e. The summed E-state index contributed by atoms with van der Waals surface area (Å²) in [6.07, 6.45) is -0.488. The summed E-state index contributed by atoms with van der Waals surface area (Å²) < 4.78 is 0. The van der Waals surface area contributed by atoms with Crippen LogP contribution in [-0.2, 0) is 0 Å². The molecule has 4 heteroatoms. The molecular formula is C15H24N2O2. The number of benzene rings is 1. The number of hydrogen-bond acceptors (Lipinski definition) is 2. The second-order valence-corrected chi connectivity index (χ2v) is 5.16. The highest BCUT2D eigenvalue weighted by Crippen LogP contribution is 2.16. The monoisotopic (exact) mass is 264 g/mol. The predicted molar refractivity (Wildman–Crippen MR) is 78.2 cm³/mol. The van der Waals surface area contributed by atoms with Gasteiger partial charge in [0.15, 0.2) is 0 Å². The van der Waals surface area contributed by atoms with E-state index in [1.54, 1.807) is 11.8 Å². The second-order valence-electron chi connectivity index (χ2n) is 5.16. The van der Waals surface area contributed by atoms with Crippen molar-refractivity contribution in [1.29, 1.82) is 0 Å². The maximum absolute atomic E-state index is 12.1. The Morgan fingerprint density at radius 2 is 1.84 bits per heavy atom. The summed E-state index contributed by atoms with van der Waals surface area (Å²) in [4.78, 5) is 13.8. The van der Waals surface area contributed by atoms with Crippen LogP contribution in [0, 0.1) is 5.92 Å². The largest absolute Gasteiger partial charge is 0.389 e. The van der Waals surface area contributed by atoms with E-state index >= 15 is 0 Å². The van der Waals surface area contributed by atoms with E-state index in [2.05, 4.69) is 19.2 Å². The lowest BCUT2D eigenvalue weighted by atomic mass is 10.1. The average molecular weight is 264 g/mol. The van der Waals surface area contributed by atoms with E-state index in [9.17, 15) is 9.90 Å². The summed E-state index contributed by atoms with van der Waals surface area (Å²) in [5, 5.41) is 12.3. The van der Waals surface area contributed by atoms with E-state index < -0.39 is 6.10 Å². The summed E-state index contributed by atoms with van der Waals surface area (Å²) in [7, 11) is 0. The number of carbonyl (C=O) groups excluding carboxylic acids is 1. The third-order valence-electron chi connectivity index (χ3n) is 2.90. The molecule has 2 amide bonds. The standard InChI is InChI=1S/C15H24N2O2/c1-5-17(10-11(2)3)15(19)16-14-8-6-13(7-9-14)12(4)18/h6-9,11-12,18H,5,10H2,1-4H3,(H,16,19). The van der Waals surface area contributed by atoms with Gasteiger partial charge in [-0.05, 0) is 37.5 Å². The van der Waals surface area contributed by atoms with Crippen LogP contribution in [0.15, 0.2) is 24.3 Å². The first-order valence-corrected chi connectivity index (χ1v) is 6.78. The number of aliphatic hydroxyl groups is 1. The first-order chi connectivity index (χ1) is 8.93. The highest BCUT2D eigenvalue weighted by molar-refractivity contribution is 5.89. The van der Waals surface area contributed by atoms with Crippen LogP contribution >= 0.6 is 0 Å². The van der Waals surface area contributed by atoms with Crippen molar-refractivity contribution >= 4 is 11.7 Å². The van der Waals surface area contributed by atoms with Gasteiger partial charge in [0.1, 0.15) is 0 Å². The summed E-state index contributed by atoms with van der Waals surface area (Å²) >= 11 is 0. The maximum atomic E-state index is 12.1. The Hall–Kier alpha value is -1.55. The smallest absolute Gasteiger partial charge is 0.321 e. The van der Waals surface area contributed by atoms with Gasteiger partial charge in [0.2, 0.25) is 0 Å². The number of nitrogens with one attached hydrogen (secondary N) is 1. The molecule has 0 heterocycles. The second kappa shape index (κ2) is 7.14. The number of carbonyl (C=O) groups is 1. The van der Waals surface area contributed by atoms with Crippen LogP contribution in [0.4, 0.5) is 10.5 Å². The predicted octanol–water partition coefficient (Wildman–Crippen LogP) is 3.25. The fourth-order valence-electron chi connectivity index (χ4n) is 1.84. The highest BCUT2D eigenvalue weighted by atomic mass is 16.3. The third kappa shape index (κ3) is 4.91. The minimum atomic E-state index is -0.488. The summed E-state index contributed by atoms with van der Waals surface area (Å²) in [5.41, 5.74) is 1.59. The van der Waals surface area contributed by atoms with Gasteiger partial charge >= 0.3 is 6.03 Å². The molecule has 0 bridgehead atoms. The van der Waals surface area contributed by atoms with Gasteiger partial charge in [-0.1, -0.05) is 26.0 Å². The van der Waals surface area contributed by atoms with Crippen molar-refractivity contribution in [2.45, 2.75) is 33.8 Å². The zero-order valence-electron chi connectivity index (χ0n) is 12.2. The normalized spacial score (nSPS) is 12.3. The van der Waals surface area contributed by atoms with Crippen molar-refractivity contribution in [3.05, 3.63) is 29.8 Å². The number of anilines is 1. The van der Waals surface area contributed by atoms with E-state index in [1.807, 2.05) is 31.2 Å². The zero-order valence-corrected chi connectivity index (χ0v) is 12.2. The number of urea groups is 1. The van der Waals surface area contributed by atoms with Crippen molar-refractivity contribution in [3.63, 3.8) is 0 Å². The first kappa shape index (κ1) is 15.5. The third-order valence-corrected chi connectivity index (χ3v) is 2.90. The van der Waals surface area contributed by atoms with Gasteiger partial charge in [0, 0.05) is 18.8 Å². The molecule has 0 radical (unpaired) electrons. The van der Waals surface area contributed by atoms with Gasteiger partial charge in [-0.25, -0.2) is 4.79 Å². The Kier molecular flexibility index (Phi) is 5.83. The Morgan fingerprint density at radius 3 is 2.26 bits per heavy atom. The summed E-state index contributed by atoms with van der Waals surface area (Å²) in [5.74, 6) is 0.448. The molecule has 0 saturated carbocycles. The van der Waals surface area contributed by atoms with E-state index in [1.165, 1.54) is 0 Å².